The monoisotopic (exact) mass is 312 g/mol. The van der Waals surface area contributed by atoms with Gasteiger partial charge in [0.2, 0.25) is 5.88 Å². The number of hydrogen-bond acceptors (Lipinski definition) is 7. The molecule has 0 aliphatic carbocycles. The lowest BCUT2D eigenvalue weighted by molar-refractivity contribution is 0.353. The summed E-state index contributed by atoms with van der Waals surface area (Å²) in [4.78, 5) is 12.5. The Hall–Kier alpha value is -3.03. The van der Waals surface area contributed by atoms with Crippen molar-refractivity contribution in [2.45, 2.75) is 13.8 Å². The first-order valence-corrected chi connectivity index (χ1v) is 6.93. The zero-order chi connectivity index (χ0) is 16.4. The molecule has 8 heteroatoms. The minimum Gasteiger partial charge on any atom is -0.480 e. The fraction of sp³-hybridized carbons (Fsp3) is 0.267. The molecule has 23 heavy (non-hydrogen) atoms. The van der Waals surface area contributed by atoms with Crippen LogP contribution < -0.4 is 9.47 Å². The van der Waals surface area contributed by atoms with Crippen molar-refractivity contribution in [2.75, 3.05) is 14.2 Å². The molecular formula is C15H16N6O2. The molecule has 0 bridgehead atoms. The summed E-state index contributed by atoms with van der Waals surface area (Å²) in [6.07, 6.45) is 5.27. The second kappa shape index (κ2) is 5.99. The summed E-state index contributed by atoms with van der Waals surface area (Å²) in [5.74, 6) is 0.378. The summed E-state index contributed by atoms with van der Waals surface area (Å²) in [6, 6.07) is 2.13. The summed E-state index contributed by atoms with van der Waals surface area (Å²) in [6.45, 7) is 3.82. The van der Waals surface area contributed by atoms with Gasteiger partial charge in [0.1, 0.15) is 5.69 Å². The van der Waals surface area contributed by atoms with Gasteiger partial charge in [0.25, 0.3) is 0 Å². The van der Waals surface area contributed by atoms with Crippen LogP contribution in [0, 0.1) is 13.8 Å². The van der Waals surface area contributed by atoms with Gasteiger partial charge in [-0.3, -0.25) is 0 Å². The van der Waals surface area contributed by atoms with E-state index in [4.69, 9.17) is 9.47 Å². The molecule has 0 saturated carbocycles. The lowest BCUT2D eigenvalue weighted by atomic mass is 10.2. The average molecular weight is 312 g/mol. The van der Waals surface area contributed by atoms with Crippen LogP contribution in [0.3, 0.4) is 0 Å². The Morgan fingerprint density at radius 2 is 1.87 bits per heavy atom. The van der Waals surface area contributed by atoms with Crippen molar-refractivity contribution < 1.29 is 9.47 Å². The third-order valence-corrected chi connectivity index (χ3v) is 3.33. The molecule has 3 aromatic heterocycles. The zero-order valence-electron chi connectivity index (χ0n) is 13.3. The minimum atomic E-state index is 0.233. The van der Waals surface area contributed by atoms with E-state index in [1.807, 2.05) is 30.7 Å². The van der Waals surface area contributed by atoms with E-state index in [0.29, 0.717) is 17.1 Å². The maximum Gasteiger partial charge on any atom is 0.319 e. The second-order valence-electron chi connectivity index (χ2n) is 4.90. The van der Waals surface area contributed by atoms with Crippen molar-refractivity contribution in [3.63, 3.8) is 0 Å². The smallest absolute Gasteiger partial charge is 0.319 e. The molecule has 3 aromatic rings. The predicted molar refractivity (Wildman–Crippen MR) is 82.8 cm³/mol. The molecule has 0 N–H and O–H groups in total. The van der Waals surface area contributed by atoms with Gasteiger partial charge in [-0.1, -0.05) is 0 Å². The van der Waals surface area contributed by atoms with E-state index in [0.717, 1.165) is 17.1 Å². The molecular weight excluding hydrogens is 296 g/mol. The molecule has 3 rings (SSSR count). The van der Waals surface area contributed by atoms with Gasteiger partial charge in [0.15, 0.2) is 0 Å². The third-order valence-electron chi connectivity index (χ3n) is 3.33. The summed E-state index contributed by atoms with van der Waals surface area (Å²) in [5.41, 5.74) is 3.84. The van der Waals surface area contributed by atoms with Gasteiger partial charge in [-0.2, -0.15) is 10.1 Å². The molecule has 0 aromatic carbocycles. The van der Waals surface area contributed by atoms with Crippen molar-refractivity contribution in [3.8, 4) is 28.8 Å². The molecule has 0 atom stereocenters. The first-order valence-electron chi connectivity index (χ1n) is 6.93. The third kappa shape index (κ3) is 2.83. The maximum atomic E-state index is 5.30. The summed E-state index contributed by atoms with van der Waals surface area (Å²) < 4.78 is 12.2. The van der Waals surface area contributed by atoms with Crippen LogP contribution in [0.5, 0.6) is 11.9 Å². The van der Waals surface area contributed by atoms with Gasteiger partial charge in [0.05, 0.1) is 43.2 Å². The number of aryl methyl sites for hydroxylation is 2. The highest BCUT2D eigenvalue weighted by molar-refractivity contribution is 5.66. The lowest BCUT2D eigenvalue weighted by Gasteiger charge is -2.10. The number of aromatic nitrogens is 6. The van der Waals surface area contributed by atoms with Gasteiger partial charge in [0, 0.05) is 12.4 Å². The number of imidazole rings is 1. The van der Waals surface area contributed by atoms with Crippen LogP contribution >= 0.6 is 0 Å². The average Bonchev–Trinajstić information content (AvgIpc) is 3.01. The van der Waals surface area contributed by atoms with Crippen LogP contribution in [-0.2, 0) is 0 Å². The zero-order valence-corrected chi connectivity index (χ0v) is 13.3. The minimum absolute atomic E-state index is 0.233. The molecule has 0 spiro atoms. The number of ether oxygens (including phenoxy) is 2. The summed E-state index contributed by atoms with van der Waals surface area (Å²) >= 11 is 0. The van der Waals surface area contributed by atoms with Gasteiger partial charge < -0.3 is 14.0 Å². The van der Waals surface area contributed by atoms with Crippen molar-refractivity contribution in [1.29, 1.82) is 0 Å². The van der Waals surface area contributed by atoms with E-state index < -0.39 is 0 Å². The number of nitrogens with zero attached hydrogens (tertiary/aromatic N) is 6. The predicted octanol–water partition coefficient (Wildman–Crippen LogP) is 1.75. The molecule has 0 saturated heterocycles. The van der Waals surface area contributed by atoms with E-state index in [1.54, 1.807) is 12.5 Å². The van der Waals surface area contributed by atoms with Gasteiger partial charge in [-0.05, 0) is 19.9 Å². The Labute approximate surface area is 133 Å². The highest BCUT2D eigenvalue weighted by atomic mass is 16.5. The number of methoxy groups -OCH3 is 2. The van der Waals surface area contributed by atoms with Crippen LogP contribution in [0.15, 0.2) is 24.8 Å². The Bertz CT molecular complexity index is 846. The van der Waals surface area contributed by atoms with E-state index >= 15 is 0 Å². The molecule has 0 fully saturated rings. The normalized spacial score (nSPS) is 10.6. The molecule has 118 valence electrons. The Morgan fingerprint density at radius 3 is 2.52 bits per heavy atom. The van der Waals surface area contributed by atoms with E-state index in [2.05, 4.69) is 25.1 Å². The van der Waals surface area contributed by atoms with Gasteiger partial charge in [-0.15, -0.1) is 5.10 Å². The summed E-state index contributed by atoms with van der Waals surface area (Å²) in [7, 11) is 3.03. The second-order valence-corrected chi connectivity index (χ2v) is 4.90. The maximum absolute atomic E-state index is 5.30. The molecule has 0 aliphatic heterocycles. The van der Waals surface area contributed by atoms with Crippen molar-refractivity contribution in [1.82, 2.24) is 29.7 Å². The van der Waals surface area contributed by atoms with Crippen LogP contribution in [0.2, 0.25) is 0 Å². The van der Waals surface area contributed by atoms with Crippen molar-refractivity contribution >= 4 is 0 Å². The van der Waals surface area contributed by atoms with E-state index in [-0.39, 0.29) is 6.01 Å². The van der Waals surface area contributed by atoms with Crippen LogP contribution in [-0.4, -0.2) is 43.9 Å². The van der Waals surface area contributed by atoms with E-state index in [9.17, 15) is 0 Å². The highest BCUT2D eigenvalue weighted by Crippen LogP contribution is 2.28. The standard InChI is InChI=1S/C15H16N6O2/c1-9-7-21(8-17-9)13-5-12(20-19-10(13)2)11-6-16-15(23-4)18-14(11)22-3/h5-8H,1-4H3. The van der Waals surface area contributed by atoms with Crippen LogP contribution in [0.25, 0.3) is 16.9 Å². The Balaban J connectivity index is 2.11. The largest absolute Gasteiger partial charge is 0.480 e. The Morgan fingerprint density at radius 1 is 1.04 bits per heavy atom. The topological polar surface area (TPSA) is 87.8 Å². The molecule has 0 aliphatic rings. The van der Waals surface area contributed by atoms with Gasteiger partial charge in [-0.25, -0.2) is 9.97 Å². The van der Waals surface area contributed by atoms with Crippen LogP contribution in [0.4, 0.5) is 0 Å². The molecule has 3 heterocycles. The fourth-order valence-electron chi connectivity index (χ4n) is 2.17. The first kappa shape index (κ1) is 14.9. The number of rotatable bonds is 4. The summed E-state index contributed by atoms with van der Waals surface area (Å²) in [5, 5.41) is 8.44. The molecule has 0 radical (unpaired) electrons. The van der Waals surface area contributed by atoms with Crippen molar-refractivity contribution in [3.05, 3.63) is 36.2 Å². The number of hydrogen-bond donors (Lipinski definition) is 0. The van der Waals surface area contributed by atoms with Crippen molar-refractivity contribution in [2.24, 2.45) is 0 Å². The SMILES string of the molecule is COc1ncc(-c2cc(-n3cnc(C)c3)c(C)nn2)c(OC)n1. The quantitative estimate of drug-likeness (QED) is 0.725. The van der Waals surface area contributed by atoms with Gasteiger partial charge >= 0.3 is 6.01 Å². The first-order chi connectivity index (χ1) is 11.1. The molecule has 0 amide bonds. The lowest BCUT2D eigenvalue weighted by Crippen LogP contribution is -2.03. The molecule has 0 unspecified atom stereocenters. The van der Waals surface area contributed by atoms with Crippen LogP contribution in [0.1, 0.15) is 11.4 Å². The van der Waals surface area contributed by atoms with E-state index in [1.165, 1.54) is 14.2 Å². The fourth-order valence-corrected chi connectivity index (χ4v) is 2.17. The highest BCUT2D eigenvalue weighted by Gasteiger charge is 2.14. The molecule has 8 nitrogen and oxygen atoms in total. The Kier molecular flexibility index (Phi) is 3.88.